The summed E-state index contributed by atoms with van der Waals surface area (Å²) in [7, 11) is 0. The molecule has 1 fully saturated rings. The fourth-order valence-corrected chi connectivity index (χ4v) is 4.70. The van der Waals surface area contributed by atoms with Gasteiger partial charge in [-0.25, -0.2) is 4.98 Å². The number of hydrogen-bond donors (Lipinski definition) is 1. The van der Waals surface area contributed by atoms with Crippen molar-refractivity contribution in [1.82, 2.24) is 19.7 Å². The second kappa shape index (κ2) is 6.05. The number of rotatable bonds is 4. The third-order valence-corrected chi connectivity index (χ3v) is 5.90. The average Bonchev–Trinajstić information content (AvgIpc) is 3.25. The quantitative estimate of drug-likeness (QED) is 0.926. The third kappa shape index (κ3) is 3.03. The van der Waals surface area contributed by atoms with Crippen molar-refractivity contribution >= 4 is 17.2 Å². The molecule has 0 saturated carbocycles. The first-order valence-corrected chi connectivity index (χ1v) is 9.04. The smallest absolute Gasteiger partial charge is 0.251 e. The van der Waals surface area contributed by atoms with Gasteiger partial charge in [-0.05, 0) is 32.1 Å². The highest BCUT2D eigenvalue weighted by molar-refractivity contribution is 7.11. The predicted molar refractivity (Wildman–Crippen MR) is 88.4 cm³/mol. The van der Waals surface area contributed by atoms with E-state index in [0.29, 0.717) is 11.6 Å². The highest BCUT2D eigenvalue weighted by atomic mass is 32.1. The van der Waals surface area contributed by atoms with E-state index in [2.05, 4.69) is 10.00 Å². The summed E-state index contributed by atoms with van der Waals surface area (Å²) in [6.45, 7) is 2.92. The molecule has 4 rings (SSSR count). The summed E-state index contributed by atoms with van der Waals surface area (Å²) in [4.78, 5) is 19.9. The van der Waals surface area contributed by atoms with E-state index in [0.717, 1.165) is 32.5 Å². The molecule has 1 atom stereocenters. The van der Waals surface area contributed by atoms with Crippen LogP contribution in [0.25, 0.3) is 0 Å². The van der Waals surface area contributed by atoms with Crippen LogP contribution in [-0.4, -0.2) is 38.7 Å². The summed E-state index contributed by atoms with van der Waals surface area (Å²) in [5.41, 5.74) is 7.11. The van der Waals surface area contributed by atoms with E-state index in [4.69, 9.17) is 10.7 Å². The van der Waals surface area contributed by atoms with E-state index in [1.54, 1.807) is 12.4 Å². The molecule has 23 heavy (non-hydrogen) atoms. The lowest BCUT2D eigenvalue weighted by Gasteiger charge is -2.14. The second-order valence-electron chi connectivity index (χ2n) is 6.44. The first-order chi connectivity index (χ1) is 11.2. The summed E-state index contributed by atoms with van der Waals surface area (Å²) >= 11 is 1.89. The van der Waals surface area contributed by atoms with Gasteiger partial charge in [-0.2, -0.15) is 5.10 Å². The van der Waals surface area contributed by atoms with Crippen molar-refractivity contribution in [2.45, 2.75) is 44.7 Å². The van der Waals surface area contributed by atoms with Gasteiger partial charge in [0.05, 0.1) is 30.0 Å². The zero-order valence-electron chi connectivity index (χ0n) is 13.1. The Morgan fingerprint density at radius 2 is 2.26 bits per heavy atom. The normalized spacial score (nSPS) is 21.5. The largest absolute Gasteiger partial charge is 0.366 e. The Labute approximate surface area is 139 Å². The van der Waals surface area contributed by atoms with Crippen molar-refractivity contribution in [2.75, 3.05) is 13.1 Å². The molecule has 1 aliphatic carbocycles. The van der Waals surface area contributed by atoms with Crippen LogP contribution in [0, 0.1) is 0 Å². The molecule has 2 N–H and O–H groups in total. The number of nitrogens with two attached hydrogens (primary N) is 1. The maximum absolute atomic E-state index is 11.2. The predicted octanol–water partition coefficient (Wildman–Crippen LogP) is 1.76. The molecular weight excluding hydrogens is 310 g/mol. The summed E-state index contributed by atoms with van der Waals surface area (Å²) in [6, 6.07) is 0.317. The molecule has 2 aromatic rings. The van der Waals surface area contributed by atoms with E-state index in [9.17, 15) is 4.79 Å². The molecule has 1 unspecified atom stereocenters. The number of primary amides is 1. The lowest BCUT2D eigenvalue weighted by molar-refractivity contribution is 0.1000. The van der Waals surface area contributed by atoms with Gasteiger partial charge in [-0.3, -0.25) is 14.4 Å². The van der Waals surface area contributed by atoms with Crippen molar-refractivity contribution in [1.29, 1.82) is 0 Å². The van der Waals surface area contributed by atoms with E-state index >= 15 is 0 Å². The van der Waals surface area contributed by atoms with Crippen LogP contribution >= 0.6 is 11.3 Å². The number of carbonyl (C=O) groups is 1. The maximum Gasteiger partial charge on any atom is 0.251 e. The first-order valence-electron chi connectivity index (χ1n) is 8.23. The highest BCUT2D eigenvalue weighted by Gasteiger charge is 2.26. The first kappa shape index (κ1) is 14.8. The van der Waals surface area contributed by atoms with Gasteiger partial charge in [0.1, 0.15) is 5.01 Å². The molecule has 0 radical (unpaired) electrons. The van der Waals surface area contributed by atoms with Crippen LogP contribution in [0.15, 0.2) is 12.4 Å². The van der Waals surface area contributed by atoms with Crippen LogP contribution in [0.1, 0.15) is 51.2 Å². The van der Waals surface area contributed by atoms with Crippen molar-refractivity contribution in [3.8, 4) is 0 Å². The number of amides is 1. The molecule has 2 aromatic heterocycles. The van der Waals surface area contributed by atoms with Crippen LogP contribution < -0.4 is 5.73 Å². The Morgan fingerprint density at radius 1 is 1.39 bits per heavy atom. The fourth-order valence-electron chi connectivity index (χ4n) is 3.50. The minimum Gasteiger partial charge on any atom is -0.366 e. The van der Waals surface area contributed by atoms with Crippen LogP contribution in [0.4, 0.5) is 0 Å². The summed E-state index contributed by atoms with van der Waals surface area (Å²) < 4.78 is 1.88. The minimum absolute atomic E-state index is 0.317. The third-order valence-electron chi connectivity index (χ3n) is 4.76. The van der Waals surface area contributed by atoms with Crippen molar-refractivity contribution in [2.24, 2.45) is 5.73 Å². The minimum atomic E-state index is -0.417. The van der Waals surface area contributed by atoms with E-state index in [-0.39, 0.29) is 0 Å². The van der Waals surface area contributed by atoms with Crippen LogP contribution in [0.3, 0.4) is 0 Å². The number of thiazole rings is 1. The molecule has 1 aliphatic heterocycles. The number of fused-ring (bicyclic) bond motifs is 1. The number of aryl methyl sites for hydroxylation is 2. The number of carbonyl (C=O) groups excluding carboxylic acids is 1. The number of nitrogens with zero attached hydrogens (tertiary/aromatic N) is 4. The van der Waals surface area contributed by atoms with Gasteiger partial charge >= 0.3 is 0 Å². The Balaban J connectivity index is 1.40. The van der Waals surface area contributed by atoms with Gasteiger partial charge in [-0.1, -0.05) is 0 Å². The van der Waals surface area contributed by atoms with Crippen LogP contribution in [-0.2, 0) is 19.4 Å². The second-order valence-corrected chi connectivity index (χ2v) is 7.60. The average molecular weight is 331 g/mol. The number of hydrogen-bond acceptors (Lipinski definition) is 5. The highest BCUT2D eigenvalue weighted by Crippen LogP contribution is 2.29. The standard InChI is InChI=1S/C16H21N5OS/c17-16(22)11-7-18-21(8-11)12-5-6-20(9-12)10-15-19-13-3-1-2-4-14(13)23-15/h7-8,12H,1-6,9-10H2,(H2,17,22). The topological polar surface area (TPSA) is 77.0 Å². The lowest BCUT2D eigenvalue weighted by Crippen LogP contribution is -2.21. The Bertz CT molecular complexity index is 698. The number of likely N-dealkylation sites (tertiary alicyclic amines) is 1. The molecule has 7 heteroatoms. The summed E-state index contributed by atoms with van der Waals surface area (Å²) in [5.74, 6) is -0.417. The molecule has 1 amide bonds. The maximum atomic E-state index is 11.2. The van der Waals surface area contributed by atoms with E-state index < -0.39 is 5.91 Å². The van der Waals surface area contributed by atoms with Gasteiger partial charge in [0, 0.05) is 24.2 Å². The fraction of sp³-hybridized carbons (Fsp3) is 0.562. The Morgan fingerprint density at radius 3 is 3.04 bits per heavy atom. The molecule has 2 aliphatic rings. The molecule has 122 valence electrons. The molecule has 0 spiro atoms. The SMILES string of the molecule is NC(=O)c1cnn(C2CCN(Cc3nc4c(s3)CCCC4)C2)c1. The van der Waals surface area contributed by atoms with Crippen molar-refractivity contribution in [3.05, 3.63) is 33.5 Å². The van der Waals surface area contributed by atoms with E-state index in [1.807, 2.05) is 16.0 Å². The van der Waals surface area contributed by atoms with Gasteiger partial charge in [0.25, 0.3) is 5.91 Å². The monoisotopic (exact) mass is 331 g/mol. The lowest BCUT2D eigenvalue weighted by atomic mass is 10.0. The summed E-state index contributed by atoms with van der Waals surface area (Å²) in [5, 5.41) is 5.54. The summed E-state index contributed by atoms with van der Waals surface area (Å²) in [6.07, 6.45) is 9.31. The molecule has 0 aromatic carbocycles. The molecule has 6 nitrogen and oxygen atoms in total. The molecule has 1 saturated heterocycles. The van der Waals surface area contributed by atoms with Gasteiger partial charge in [-0.15, -0.1) is 11.3 Å². The van der Waals surface area contributed by atoms with Crippen LogP contribution in [0.2, 0.25) is 0 Å². The van der Waals surface area contributed by atoms with Crippen molar-refractivity contribution in [3.63, 3.8) is 0 Å². The number of aromatic nitrogens is 3. The van der Waals surface area contributed by atoms with Gasteiger partial charge < -0.3 is 5.73 Å². The Kier molecular flexibility index (Phi) is 3.90. The zero-order valence-corrected chi connectivity index (χ0v) is 13.9. The molecule has 3 heterocycles. The van der Waals surface area contributed by atoms with Crippen LogP contribution in [0.5, 0.6) is 0 Å². The molecule has 0 bridgehead atoms. The van der Waals surface area contributed by atoms with Gasteiger partial charge in [0.2, 0.25) is 0 Å². The van der Waals surface area contributed by atoms with Gasteiger partial charge in [0.15, 0.2) is 0 Å². The zero-order chi connectivity index (χ0) is 15.8. The molecular formula is C16H21N5OS. The van der Waals surface area contributed by atoms with Crippen molar-refractivity contribution < 1.29 is 4.79 Å². The van der Waals surface area contributed by atoms with E-state index in [1.165, 1.54) is 34.8 Å². The Hall–Kier alpha value is -1.73.